The Morgan fingerprint density at radius 3 is 1.89 bits per heavy atom. The lowest BCUT2D eigenvalue weighted by atomic mass is 9.95. The number of hydrogen-bond acceptors (Lipinski definition) is 6. The van der Waals surface area contributed by atoms with Gasteiger partial charge >= 0.3 is 12.1 Å². The second kappa shape index (κ2) is 16.3. The standard InChI is InChI=1S/C37H51N3O6/c1-12-25(5)40(33(42)30(24(3)4)39-35(44)46-37(9,10)11)31(28-21-19-26(13-2)20-22-28)32(41)38-29(34(43)45-36(6,7)8)23-27-17-15-14-16-18-27/h2,14-22,24-25,29-31H,12,23H2,1,3-11H3,(H,38,41)(H,39,44). The molecule has 2 N–H and O–H groups in total. The van der Waals surface area contributed by atoms with Gasteiger partial charge in [0.05, 0.1) is 0 Å². The Labute approximate surface area is 274 Å². The molecule has 0 fully saturated rings. The maximum Gasteiger partial charge on any atom is 0.408 e. The maximum atomic E-state index is 14.5. The molecule has 0 radical (unpaired) electrons. The van der Waals surface area contributed by atoms with E-state index < -0.39 is 59.2 Å². The molecule has 2 aromatic rings. The first-order valence-electron chi connectivity index (χ1n) is 15.8. The molecule has 0 aliphatic heterocycles. The molecule has 2 rings (SSSR count). The summed E-state index contributed by atoms with van der Waals surface area (Å²) in [5.41, 5.74) is 0.350. The first kappa shape index (κ1) is 37.9. The summed E-state index contributed by atoms with van der Waals surface area (Å²) in [5, 5.41) is 5.64. The number of terminal acetylenes is 1. The number of amides is 3. The predicted molar refractivity (Wildman–Crippen MR) is 180 cm³/mol. The lowest BCUT2D eigenvalue weighted by Crippen LogP contribution is -2.58. The van der Waals surface area contributed by atoms with E-state index in [0.29, 0.717) is 17.5 Å². The Morgan fingerprint density at radius 1 is 0.848 bits per heavy atom. The summed E-state index contributed by atoms with van der Waals surface area (Å²) in [5.74, 6) is 0.595. The van der Waals surface area contributed by atoms with Gasteiger partial charge in [-0.1, -0.05) is 69.2 Å². The molecule has 0 bridgehead atoms. The van der Waals surface area contributed by atoms with Crippen molar-refractivity contribution < 1.29 is 28.7 Å². The minimum Gasteiger partial charge on any atom is -0.458 e. The van der Waals surface area contributed by atoms with Gasteiger partial charge in [-0.25, -0.2) is 9.59 Å². The van der Waals surface area contributed by atoms with Crippen LogP contribution < -0.4 is 10.6 Å². The first-order valence-corrected chi connectivity index (χ1v) is 15.8. The molecule has 9 heteroatoms. The zero-order valence-electron chi connectivity index (χ0n) is 29.0. The van der Waals surface area contributed by atoms with Gasteiger partial charge in [0.2, 0.25) is 11.8 Å². The van der Waals surface area contributed by atoms with E-state index in [2.05, 4.69) is 16.6 Å². The fourth-order valence-electron chi connectivity index (χ4n) is 4.77. The van der Waals surface area contributed by atoms with Crippen LogP contribution in [0.1, 0.15) is 98.4 Å². The van der Waals surface area contributed by atoms with Crippen LogP contribution in [0.4, 0.5) is 4.79 Å². The van der Waals surface area contributed by atoms with E-state index >= 15 is 0 Å². The van der Waals surface area contributed by atoms with E-state index in [-0.39, 0.29) is 12.3 Å². The molecule has 0 heterocycles. The molecular weight excluding hydrogens is 582 g/mol. The van der Waals surface area contributed by atoms with E-state index in [9.17, 15) is 19.2 Å². The number of rotatable bonds is 12. The lowest BCUT2D eigenvalue weighted by molar-refractivity contribution is -0.159. The highest BCUT2D eigenvalue weighted by Crippen LogP contribution is 2.28. The highest BCUT2D eigenvalue weighted by molar-refractivity contribution is 5.94. The van der Waals surface area contributed by atoms with Crippen LogP contribution in [0.25, 0.3) is 0 Å². The van der Waals surface area contributed by atoms with Crippen molar-refractivity contribution in [2.24, 2.45) is 5.92 Å². The van der Waals surface area contributed by atoms with Crippen molar-refractivity contribution in [3.8, 4) is 12.3 Å². The monoisotopic (exact) mass is 633 g/mol. The third-order valence-electron chi connectivity index (χ3n) is 7.14. The Hall–Kier alpha value is -4.32. The minimum atomic E-state index is -1.17. The third kappa shape index (κ3) is 11.6. The van der Waals surface area contributed by atoms with Crippen molar-refractivity contribution in [3.05, 3.63) is 71.3 Å². The van der Waals surface area contributed by atoms with Crippen LogP contribution in [0.15, 0.2) is 54.6 Å². The number of benzene rings is 2. The summed E-state index contributed by atoms with van der Waals surface area (Å²) < 4.78 is 11.2. The van der Waals surface area contributed by atoms with Gasteiger partial charge < -0.3 is 25.0 Å². The van der Waals surface area contributed by atoms with Crippen LogP contribution in [-0.4, -0.2) is 58.1 Å². The molecule has 0 spiro atoms. The molecular formula is C37H51N3O6. The molecule has 0 saturated carbocycles. The lowest BCUT2D eigenvalue weighted by Gasteiger charge is -2.39. The van der Waals surface area contributed by atoms with E-state index in [1.807, 2.05) is 58.0 Å². The third-order valence-corrected chi connectivity index (χ3v) is 7.14. The molecule has 250 valence electrons. The van der Waals surface area contributed by atoms with Crippen LogP contribution in [0.3, 0.4) is 0 Å². The van der Waals surface area contributed by atoms with Gasteiger partial charge in [-0.05, 0) is 84.1 Å². The molecule has 9 nitrogen and oxygen atoms in total. The zero-order chi connectivity index (χ0) is 34.8. The first-order chi connectivity index (χ1) is 21.4. The highest BCUT2D eigenvalue weighted by Gasteiger charge is 2.41. The fraction of sp³-hybridized carbons (Fsp3) is 0.514. The van der Waals surface area contributed by atoms with Crippen molar-refractivity contribution in [3.63, 3.8) is 0 Å². The molecule has 46 heavy (non-hydrogen) atoms. The molecule has 4 atom stereocenters. The summed E-state index contributed by atoms with van der Waals surface area (Å²) in [6, 6.07) is 12.4. The van der Waals surface area contributed by atoms with Crippen LogP contribution in [0.5, 0.6) is 0 Å². The highest BCUT2D eigenvalue weighted by atomic mass is 16.6. The van der Waals surface area contributed by atoms with Gasteiger partial charge in [-0.2, -0.15) is 0 Å². The smallest absolute Gasteiger partial charge is 0.408 e. The average Bonchev–Trinajstić information content (AvgIpc) is 2.96. The van der Waals surface area contributed by atoms with Gasteiger partial charge in [0.15, 0.2) is 0 Å². The van der Waals surface area contributed by atoms with Crippen molar-refractivity contribution >= 4 is 23.9 Å². The van der Waals surface area contributed by atoms with Crippen molar-refractivity contribution in [2.45, 2.75) is 117 Å². The average molecular weight is 634 g/mol. The number of alkyl carbamates (subject to hydrolysis) is 1. The second-order valence-corrected chi connectivity index (χ2v) is 13.8. The number of nitrogens with zero attached hydrogens (tertiary/aromatic N) is 1. The van der Waals surface area contributed by atoms with Gasteiger partial charge in [-0.3, -0.25) is 9.59 Å². The largest absolute Gasteiger partial charge is 0.458 e. The van der Waals surface area contributed by atoms with Crippen LogP contribution in [0, 0.1) is 18.3 Å². The summed E-state index contributed by atoms with van der Waals surface area (Å²) in [6.45, 7) is 17.9. The Kier molecular flexibility index (Phi) is 13.4. The predicted octanol–water partition coefficient (Wildman–Crippen LogP) is 5.95. The van der Waals surface area contributed by atoms with Crippen LogP contribution in [-0.2, 0) is 30.3 Å². The van der Waals surface area contributed by atoms with Crippen molar-refractivity contribution in [2.75, 3.05) is 0 Å². The number of esters is 1. The number of hydrogen-bond donors (Lipinski definition) is 2. The quantitative estimate of drug-likeness (QED) is 0.221. The second-order valence-electron chi connectivity index (χ2n) is 13.8. The van der Waals surface area contributed by atoms with Gasteiger partial charge in [0, 0.05) is 18.0 Å². The molecule has 0 aliphatic rings. The number of nitrogens with one attached hydrogen (secondary N) is 2. The van der Waals surface area contributed by atoms with E-state index in [4.69, 9.17) is 15.9 Å². The summed E-state index contributed by atoms with van der Waals surface area (Å²) >= 11 is 0. The SMILES string of the molecule is C#Cc1ccc(C(C(=O)NC(Cc2ccccc2)C(=O)OC(C)(C)C)N(C(=O)C(NC(=O)OC(C)(C)C)C(C)C)C(C)CC)cc1. The van der Waals surface area contributed by atoms with E-state index in [1.165, 1.54) is 4.90 Å². The van der Waals surface area contributed by atoms with E-state index in [0.717, 1.165) is 5.56 Å². The summed E-state index contributed by atoms with van der Waals surface area (Å²) in [7, 11) is 0. The minimum absolute atomic E-state index is 0.177. The van der Waals surface area contributed by atoms with Gasteiger partial charge in [-0.15, -0.1) is 6.42 Å². The topological polar surface area (TPSA) is 114 Å². The number of ether oxygens (including phenoxy) is 2. The zero-order valence-corrected chi connectivity index (χ0v) is 29.0. The number of carbonyl (C=O) groups excluding carboxylic acids is 4. The van der Waals surface area contributed by atoms with Crippen molar-refractivity contribution in [1.82, 2.24) is 15.5 Å². The Bertz CT molecular complexity index is 1370. The normalized spacial score (nSPS) is 14.2. The fourth-order valence-corrected chi connectivity index (χ4v) is 4.77. The van der Waals surface area contributed by atoms with Crippen molar-refractivity contribution in [1.29, 1.82) is 0 Å². The van der Waals surface area contributed by atoms with Crippen LogP contribution >= 0.6 is 0 Å². The van der Waals surface area contributed by atoms with Crippen LogP contribution in [0.2, 0.25) is 0 Å². The summed E-state index contributed by atoms with van der Waals surface area (Å²) in [6.07, 6.45) is 5.55. The molecule has 0 aliphatic carbocycles. The molecule has 3 amide bonds. The summed E-state index contributed by atoms with van der Waals surface area (Å²) in [4.78, 5) is 56.7. The van der Waals surface area contributed by atoms with Gasteiger partial charge in [0.1, 0.15) is 29.3 Å². The Morgan fingerprint density at radius 2 is 1.41 bits per heavy atom. The van der Waals surface area contributed by atoms with Gasteiger partial charge in [0.25, 0.3) is 0 Å². The molecule has 2 aromatic carbocycles. The Balaban J connectivity index is 2.65. The van der Waals surface area contributed by atoms with E-state index in [1.54, 1.807) is 65.8 Å². The number of carbonyl (C=O) groups is 4. The molecule has 0 aromatic heterocycles. The molecule has 4 unspecified atom stereocenters. The molecule has 0 saturated heterocycles. The maximum absolute atomic E-state index is 14.5.